The normalized spacial score (nSPS) is 11.2. The van der Waals surface area contributed by atoms with Crippen LogP contribution in [0.5, 0.6) is 0 Å². The standard InChI is InChI=1S/C25H27N3O/c1-2-8-25(29)26-16-7-13-24-27-22-11-5-6-12-23(22)28(24)18-19-14-15-20-9-3-4-10-21(20)17-19/h3-6,9-12,14-15,17H,2,7-8,13,16,18H2,1H3,(H,26,29). The number of aromatic nitrogens is 2. The SMILES string of the molecule is CCCC(=O)NCCCc1nc2ccccc2n1Cc1ccc2ccccc2c1. The predicted octanol–water partition coefficient (Wildman–Crippen LogP) is 5.09. The van der Waals surface area contributed by atoms with Crippen LogP contribution in [0.15, 0.2) is 66.7 Å². The molecule has 0 aliphatic heterocycles. The van der Waals surface area contributed by atoms with Gasteiger partial charge in [-0.3, -0.25) is 4.79 Å². The first-order valence-electron chi connectivity index (χ1n) is 10.4. The van der Waals surface area contributed by atoms with E-state index >= 15 is 0 Å². The average Bonchev–Trinajstić information content (AvgIpc) is 3.09. The van der Waals surface area contributed by atoms with Gasteiger partial charge in [0.2, 0.25) is 5.91 Å². The third-order valence-corrected chi connectivity index (χ3v) is 5.26. The van der Waals surface area contributed by atoms with Crippen molar-refractivity contribution in [3.63, 3.8) is 0 Å². The molecule has 4 heteroatoms. The number of imidazole rings is 1. The highest BCUT2D eigenvalue weighted by Gasteiger charge is 2.11. The van der Waals surface area contributed by atoms with Crippen LogP contribution in [0.25, 0.3) is 21.8 Å². The minimum absolute atomic E-state index is 0.136. The van der Waals surface area contributed by atoms with Crippen LogP contribution < -0.4 is 5.32 Å². The number of aryl methyl sites for hydroxylation is 1. The highest BCUT2D eigenvalue weighted by atomic mass is 16.1. The fraction of sp³-hybridized carbons (Fsp3) is 0.280. The predicted molar refractivity (Wildman–Crippen MR) is 119 cm³/mol. The van der Waals surface area contributed by atoms with Gasteiger partial charge in [-0.15, -0.1) is 0 Å². The lowest BCUT2D eigenvalue weighted by Gasteiger charge is -2.11. The summed E-state index contributed by atoms with van der Waals surface area (Å²) < 4.78 is 2.31. The van der Waals surface area contributed by atoms with Crippen molar-refractivity contribution < 1.29 is 4.79 Å². The molecule has 0 fully saturated rings. The zero-order chi connectivity index (χ0) is 20.1. The Bertz CT molecular complexity index is 1130. The Hall–Kier alpha value is -3.14. The molecule has 0 bridgehead atoms. The van der Waals surface area contributed by atoms with Crippen molar-refractivity contribution in [1.82, 2.24) is 14.9 Å². The molecule has 29 heavy (non-hydrogen) atoms. The summed E-state index contributed by atoms with van der Waals surface area (Å²) in [6.45, 7) is 3.51. The second-order valence-corrected chi connectivity index (χ2v) is 7.49. The third kappa shape index (κ3) is 4.48. The van der Waals surface area contributed by atoms with E-state index < -0.39 is 0 Å². The van der Waals surface area contributed by atoms with E-state index in [-0.39, 0.29) is 5.91 Å². The van der Waals surface area contributed by atoms with Gasteiger partial charge in [-0.05, 0) is 47.4 Å². The van der Waals surface area contributed by atoms with Crippen LogP contribution in [-0.4, -0.2) is 22.0 Å². The average molecular weight is 386 g/mol. The van der Waals surface area contributed by atoms with Gasteiger partial charge in [-0.2, -0.15) is 0 Å². The zero-order valence-corrected chi connectivity index (χ0v) is 16.9. The number of benzene rings is 3. The van der Waals surface area contributed by atoms with Gasteiger partial charge >= 0.3 is 0 Å². The number of para-hydroxylation sites is 2. The first-order valence-corrected chi connectivity index (χ1v) is 10.4. The van der Waals surface area contributed by atoms with Crippen LogP contribution in [0.3, 0.4) is 0 Å². The fourth-order valence-corrected chi connectivity index (χ4v) is 3.80. The number of carbonyl (C=O) groups excluding carboxylic acids is 1. The van der Waals surface area contributed by atoms with Gasteiger partial charge in [0, 0.05) is 25.9 Å². The molecule has 4 aromatic rings. The number of carbonyl (C=O) groups is 1. The van der Waals surface area contributed by atoms with E-state index in [4.69, 9.17) is 4.98 Å². The number of nitrogens with one attached hydrogen (secondary N) is 1. The molecule has 0 unspecified atom stereocenters. The lowest BCUT2D eigenvalue weighted by atomic mass is 10.1. The molecular formula is C25H27N3O. The molecule has 3 aromatic carbocycles. The van der Waals surface area contributed by atoms with E-state index in [0.29, 0.717) is 13.0 Å². The van der Waals surface area contributed by atoms with Crippen molar-refractivity contribution in [1.29, 1.82) is 0 Å². The minimum atomic E-state index is 0.136. The van der Waals surface area contributed by atoms with Crippen molar-refractivity contribution >= 4 is 27.7 Å². The number of nitrogens with zero attached hydrogens (tertiary/aromatic N) is 2. The lowest BCUT2D eigenvalue weighted by molar-refractivity contribution is -0.121. The Morgan fingerprint density at radius 3 is 2.66 bits per heavy atom. The Morgan fingerprint density at radius 1 is 1.00 bits per heavy atom. The second kappa shape index (κ2) is 8.91. The summed E-state index contributed by atoms with van der Waals surface area (Å²) in [5, 5.41) is 5.52. The smallest absolute Gasteiger partial charge is 0.219 e. The van der Waals surface area contributed by atoms with Crippen molar-refractivity contribution in [3.8, 4) is 0 Å². The summed E-state index contributed by atoms with van der Waals surface area (Å²) in [6, 6.07) is 23.4. The number of rotatable bonds is 8. The van der Waals surface area contributed by atoms with Gasteiger partial charge in [0.1, 0.15) is 5.82 Å². The quantitative estimate of drug-likeness (QED) is 0.430. The van der Waals surface area contributed by atoms with Crippen LogP contribution in [0.1, 0.15) is 37.6 Å². The molecule has 0 saturated heterocycles. The summed E-state index contributed by atoms with van der Waals surface area (Å²) >= 11 is 0. The topological polar surface area (TPSA) is 46.9 Å². The van der Waals surface area contributed by atoms with Crippen LogP contribution in [0.4, 0.5) is 0 Å². The largest absolute Gasteiger partial charge is 0.356 e. The van der Waals surface area contributed by atoms with E-state index in [1.165, 1.54) is 16.3 Å². The van der Waals surface area contributed by atoms with E-state index in [0.717, 1.165) is 42.7 Å². The highest BCUT2D eigenvalue weighted by Crippen LogP contribution is 2.21. The first kappa shape index (κ1) is 19.2. The van der Waals surface area contributed by atoms with Crippen molar-refractivity contribution in [2.75, 3.05) is 6.54 Å². The minimum Gasteiger partial charge on any atom is -0.356 e. The van der Waals surface area contributed by atoms with E-state index in [1.54, 1.807) is 0 Å². The first-order chi connectivity index (χ1) is 14.2. The van der Waals surface area contributed by atoms with Gasteiger partial charge < -0.3 is 9.88 Å². The molecule has 148 valence electrons. The Balaban J connectivity index is 1.55. The van der Waals surface area contributed by atoms with Gasteiger partial charge in [0.25, 0.3) is 0 Å². The number of hydrogen-bond acceptors (Lipinski definition) is 2. The molecule has 1 N–H and O–H groups in total. The Morgan fingerprint density at radius 2 is 1.79 bits per heavy atom. The molecule has 0 spiro atoms. The Kier molecular flexibility index (Phi) is 5.89. The van der Waals surface area contributed by atoms with Crippen molar-refractivity contribution in [2.24, 2.45) is 0 Å². The van der Waals surface area contributed by atoms with Gasteiger partial charge in [0.05, 0.1) is 11.0 Å². The summed E-state index contributed by atoms with van der Waals surface area (Å²) in [4.78, 5) is 16.6. The lowest BCUT2D eigenvalue weighted by Crippen LogP contribution is -2.24. The molecule has 0 radical (unpaired) electrons. The van der Waals surface area contributed by atoms with E-state index in [9.17, 15) is 4.79 Å². The molecule has 4 nitrogen and oxygen atoms in total. The number of hydrogen-bond donors (Lipinski definition) is 1. The maximum absolute atomic E-state index is 11.7. The molecule has 0 atom stereocenters. The molecule has 0 aliphatic rings. The summed E-state index contributed by atoms with van der Waals surface area (Å²) in [7, 11) is 0. The molecule has 0 saturated carbocycles. The van der Waals surface area contributed by atoms with Crippen LogP contribution in [0.2, 0.25) is 0 Å². The molecule has 0 aliphatic carbocycles. The van der Waals surface area contributed by atoms with Crippen LogP contribution in [-0.2, 0) is 17.8 Å². The van der Waals surface area contributed by atoms with Gasteiger partial charge in [0.15, 0.2) is 0 Å². The highest BCUT2D eigenvalue weighted by molar-refractivity contribution is 5.83. The van der Waals surface area contributed by atoms with Crippen molar-refractivity contribution in [3.05, 3.63) is 78.1 Å². The second-order valence-electron chi connectivity index (χ2n) is 7.49. The zero-order valence-electron chi connectivity index (χ0n) is 16.9. The maximum Gasteiger partial charge on any atom is 0.219 e. The molecular weight excluding hydrogens is 358 g/mol. The van der Waals surface area contributed by atoms with E-state index in [2.05, 4.69) is 70.5 Å². The summed E-state index contributed by atoms with van der Waals surface area (Å²) in [5.41, 5.74) is 3.45. The van der Waals surface area contributed by atoms with Gasteiger partial charge in [-0.1, -0.05) is 55.5 Å². The van der Waals surface area contributed by atoms with E-state index in [1.807, 2.05) is 13.0 Å². The molecule has 1 heterocycles. The monoisotopic (exact) mass is 385 g/mol. The number of fused-ring (bicyclic) bond motifs is 2. The summed E-state index contributed by atoms with van der Waals surface area (Å²) in [6.07, 6.45) is 3.21. The molecule has 4 rings (SSSR count). The Labute approximate surface area is 171 Å². The fourth-order valence-electron chi connectivity index (χ4n) is 3.80. The number of amides is 1. The molecule has 1 aromatic heterocycles. The molecule has 1 amide bonds. The van der Waals surface area contributed by atoms with Crippen molar-refractivity contribution in [2.45, 2.75) is 39.2 Å². The van der Waals surface area contributed by atoms with Crippen LogP contribution >= 0.6 is 0 Å². The van der Waals surface area contributed by atoms with Gasteiger partial charge in [-0.25, -0.2) is 4.98 Å². The maximum atomic E-state index is 11.7. The third-order valence-electron chi connectivity index (χ3n) is 5.26. The summed E-state index contributed by atoms with van der Waals surface area (Å²) in [5.74, 6) is 1.21. The van der Waals surface area contributed by atoms with Crippen LogP contribution in [0, 0.1) is 0 Å².